The number of allylic oxidation sites excluding steroid dienone is 1. The largest absolute Gasteiger partial charge is 0.491 e. The summed E-state index contributed by atoms with van der Waals surface area (Å²) >= 11 is 0. The van der Waals surface area contributed by atoms with Crippen molar-refractivity contribution in [1.82, 2.24) is 0 Å². The molecule has 1 fully saturated rings. The van der Waals surface area contributed by atoms with Crippen LogP contribution >= 0.6 is 0 Å². The quantitative estimate of drug-likeness (QED) is 0.286. The lowest BCUT2D eigenvalue weighted by Crippen LogP contribution is -2.41. The Morgan fingerprint density at radius 1 is 0.943 bits per heavy atom. The van der Waals surface area contributed by atoms with Gasteiger partial charge in [-0.25, -0.2) is 8.78 Å². The maximum atomic E-state index is 15.3. The summed E-state index contributed by atoms with van der Waals surface area (Å²) in [7, 11) is 0. The predicted molar refractivity (Wildman–Crippen MR) is 118 cm³/mol. The van der Waals surface area contributed by atoms with Crippen molar-refractivity contribution in [3.8, 4) is 16.9 Å². The van der Waals surface area contributed by atoms with Crippen LogP contribution in [-0.4, -0.2) is 26.1 Å². The lowest BCUT2D eigenvalue weighted by Gasteiger charge is -2.36. The molecule has 1 aliphatic carbocycles. The Kier molecular flexibility index (Phi) is 7.20. The highest BCUT2D eigenvalue weighted by Crippen LogP contribution is 2.60. The monoisotopic (exact) mass is 500 g/mol. The van der Waals surface area contributed by atoms with Crippen LogP contribution in [0.25, 0.3) is 11.1 Å². The molecule has 0 radical (unpaired) electrons. The highest BCUT2D eigenvalue weighted by molar-refractivity contribution is 5.77. The molecule has 2 aromatic rings. The molecule has 1 aliphatic heterocycles. The zero-order valence-electron chi connectivity index (χ0n) is 19.2. The van der Waals surface area contributed by atoms with Crippen LogP contribution in [0.5, 0.6) is 5.75 Å². The highest BCUT2D eigenvalue weighted by atomic mass is 19.3. The summed E-state index contributed by atoms with van der Waals surface area (Å²) < 4.78 is 106. The summed E-state index contributed by atoms with van der Waals surface area (Å²) in [6.07, 6.45) is 2.92. The zero-order chi connectivity index (χ0) is 25.4. The van der Waals surface area contributed by atoms with E-state index in [4.69, 9.17) is 14.2 Å². The Morgan fingerprint density at radius 3 is 2.14 bits per heavy atom. The molecule has 2 aliphatic rings. The normalized spacial score (nSPS) is 22.3. The van der Waals surface area contributed by atoms with Crippen LogP contribution in [0.2, 0.25) is 0 Å². The minimum Gasteiger partial charge on any atom is -0.491 e. The van der Waals surface area contributed by atoms with E-state index in [1.54, 1.807) is 6.08 Å². The summed E-state index contributed by atoms with van der Waals surface area (Å²) in [4.78, 5) is 0. The average Bonchev–Trinajstić information content (AvgIpc) is 2.82. The number of ether oxygens (including phenoxy) is 3. The fraction of sp³-hybridized carbons (Fsp3) is 0.462. The Balaban J connectivity index is 1.62. The maximum Gasteiger partial charge on any atom is 0.343 e. The Bertz CT molecular complexity index is 1090. The van der Waals surface area contributed by atoms with E-state index < -0.39 is 57.8 Å². The molecule has 1 saturated heterocycles. The fourth-order valence-corrected chi connectivity index (χ4v) is 4.56. The van der Waals surface area contributed by atoms with Crippen LogP contribution < -0.4 is 4.74 Å². The third-order valence-corrected chi connectivity index (χ3v) is 6.40. The fourth-order valence-electron chi connectivity index (χ4n) is 4.56. The van der Waals surface area contributed by atoms with Crippen LogP contribution in [0.3, 0.4) is 0 Å². The van der Waals surface area contributed by atoms with Crippen LogP contribution in [-0.2, 0) is 27.7 Å². The molecule has 0 aromatic heterocycles. The van der Waals surface area contributed by atoms with Crippen molar-refractivity contribution in [2.45, 2.75) is 50.7 Å². The first kappa shape index (κ1) is 25.6. The number of fused-ring (bicyclic) bond motifs is 3. The molecular formula is C26H26F6O3. The Hall–Kier alpha value is -2.52. The molecule has 3 nitrogen and oxygen atoms in total. The molecule has 0 atom stereocenters. The SMILES string of the molecule is C=CCCC1COC(CCc2ccc3c(c2F)C(F)(F)C(F)(F)c2c-3ccc(OCC)c2F)OC1. The van der Waals surface area contributed by atoms with Gasteiger partial charge in [0, 0.05) is 12.3 Å². The second kappa shape index (κ2) is 9.85. The Labute approximate surface area is 199 Å². The van der Waals surface area contributed by atoms with Gasteiger partial charge in [0.1, 0.15) is 5.82 Å². The van der Waals surface area contributed by atoms with E-state index in [0.717, 1.165) is 31.0 Å². The first-order valence-electron chi connectivity index (χ1n) is 11.5. The summed E-state index contributed by atoms with van der Waals surface area (Å²) in [6.45, 7) is 6.02. The van der Waals surface area contributed by atoms with Crippen LogP contribution in [0.4, 0.5) is 26.3 Å². The van der Waals surface area contributed by atoms with E-state index in [-0.39, 0.29) is 30.9 Å². The molecule has 0 saturated carbocycles. The molecule has 0 spiro atoms. The smallest absolute Gasteiger partial charge is 0.343 e. The number of halogens is 6. The zero-order valence-corrected chi connectivity index (χ0v) is 19.2. The molecule has 0 N–H and O–H groups in total. The van der Waals surface area contributed by atoms with Gasteiger partial charge in [-0.15, -0.1) is 6.58 Å². The molecule has 35 heavy (non-hydrogen) atoms. The van der Waals surface area contributed by atoms with E-state index in [2.05, 4.69) is 6.58 Å². The van der Waals surface area contributed by atoms with Crippen LogP contribution in [0.1, 0.15) is 42.9 Å². The lowest BCUT2D eigenvalue weighted by molar-refractivity contribution is -0.228. The van der Waals surface area contributed by atoms with Crippen molar-refractivity contribution in [2.24, 2.45) is 5.92 Å². The molecule has 0 bridgehead atoms. The molecule has 0 amide bonds. The van der Waals surface area contributed by atoms with Gasteiger partial charge in [0.2, 0.25) is 0 Å². The minimum atomic E-state index is -4.98. The summed E-state index contributed by atoms with van der Waals surface area (Å²) in [5.74, 6) is -13.3. The summed E-state index contributed by atoms with van der Waals surface area (Å²) in [5, 5.41) is 0. The van der Waals surface area contributed by atoms with E-state index in [1.165, 1.54) is 13.0 Å². The maximum absolute atomic E-state index is 15.3. The molecular weight excluding hydrogens is 474 g/mol. The molecule has 0 unspecified atom stereocenters. The first-order valence-corrected chi connectivity index (χ1v) is 11.5. The van der Waals surface area contributed by atoms with Gasteiger partial charge in [0.25, 0.3) is 0 Å². The van der Waals surface area contributed by atoms with Crippen LogP contribution in [0, 0.1) is 17.6 Å². The highest BCUT2D eigenvalue weighted by Gasteiger charge is 2.65. The van der Waals surface area contributed by atoms with Gasteiger partial charge in [-0.05, 0) is 55.0 Å². The van der Waals surface area contributed by atoms with E-state index in [9.17, 15) is 13.2 Å². The first-order chi connectivity index (χ1) is 16.6. The summed E-state index contributed by atoms with van der Waals surface area (Å²) in [5.41, 5.74) is -4.08. The van der Waals surface area contributed by atoms with Gasteiger partial charge in [0.05, 0.1) is 30.9 Å². The van der Waals surface area contributed by atoms with Gasteiger partial charge in [-0.2, -0.15) is 17.6 Å². The average molecular weight is 500 g/mol. The molecule has 9 heteroatoms. The number of hydrogen-bond acceptors (Lipinski definition) is 3. The second-order valence-electron chi connectivity index (χ2n) is 8.71. The lowest BCUT2D eigenvalue weighted by atomic mass is 9.78. The number of benzene rings is 2. The van der Waals surface area contributed by atoms with E-state index >= 15 is 13.2 Å². The Morgan fingerprint density at radius 2 is 1.54 bits per heavy atom. The summed E-state index contributed by atoms with van der Waals surface area (Å²) in [6, 6.07) is 4.51. The van der Waals surface area contributed by atoms with E-state index in [0.29, 0.717) is 13.2 Å². The number of rotatable bonds is 8. The number of alkyl halides is 4. The third-order valence-electron chi connectivity index (χ3n) is 6.40. The molecule has 190 valence electrons. The molecule has 4 rings (SSSR count). The van der Waals surface area contributed by atoms with Crippen molar-refractivity contribution in [2.75, 3.05) is 19.8 Å². The molecule has 2 aromatic carbocycles. The topological polar surface area (TPSA) is 27.7 Å². The number of aryl methyl sites for hydroxylation is 1. The van der Waals surface area contributed by atoms with Crippen molar-refractivity contribution >= 4 is 0 Å². The van der Waals surface area contributed by atoms with E-state index in [1.807, 2.05) is 0 Å². The standard InChI is InChI=1S/C26H26F6O3/c1-3-5-6-15-13-34-20(35-14-15)12-8-16-7-9-17-18-10-11-19(33-4-2)24(28)22(18)26(31,32)25(29,30)21(17)23(16)27/h3,7,9-11,15,20H,1,4-6,8,12-14H2,2H3. The third kappa shape index (κ3) is 4.44. The van der Waals surface area contributed by atoms with Crippen molar-refractivity contribution < 1.29 is 40.6 Å². The molecule has 1 heterocycles. The van der Waals surface area contributed by atoms with Crippen molar-refractivity contribution in [1.29, 1.82) is 0 Å². The van der Waals surface area contributed by atoms with Crippen LogP contribution in [0.15, 0.2) is 36.9 Å². The van der Waals surface area contributed by atoms with Crippen molar-refractivity contribution in [3.05, 3.63) is 65.2 Å². The second-order valence-corrected chi connectivity index (χ2v) is 8.71. The van der Waals surface area contributed by atoms with Gasteiger partial charge in [0.15, 0.2) is 17.9 Å². The van der Waals surface area contributed by atoms with Gasteiger partial charge < -0.3 is 14.2 Å². The van der Waals surface area contributed by atoms with Gasteiger partial charge in [-0.1, -0.05) is 18.2 Å². The minimum absolute atomic E-state index is 0.0455. The van der Waals surface area contributed by atoms with Gasteiger partial charge in [-0.3, -0.25) is 0 Å². The predicted octanol–water partition coefficient (Wildman–Crippen LogP) is 7.12. The van der Waals surface area contributed by atoms with Crippen molar-refractivity contribution in [3.63, 3.8) is 0 Å². The number of hydrogen-bond donors (Lipinski definition) is 0. The van der Waals surface area contributed by atoms with Gasteiger partial charge >= 0.3 is 11.8 Å².